The largest absolute Gasteiger partial charge is 0.493 e. The van der Waals surface area contributed by atoms with Gasteiger partial charge in [-0.3, -0.25) is 9.69 Å². The minimum atomic E-state index is -1.82. The molecule has 3 rings (SSSR count). The molecule has 1 saturated heterocycles. The lowest BCUT2D eigenvalue weighted by atomic mass is 9.95. The number of aliphatic carboxylic acids is 2. The first kappa shape index (κ1) is 27.9. The maximum absolute atomic E-state index is 12.5. The van der Waals surface area contributed by atoms with Crippen molar-refractivity contribution in [3.05, 3.63) is 58.6 Å². The highest BCUT2D eigenvalue weighted by Gasteiger charge is 2.24. The number of likely N-dealkylation sites (tertiary alicyclic amines) is 1. The van der Waals surface area contributed by atoms with Crippen molar-refractivity contribution >= 4 is 29.4 Å². The van der Waals surface area contributed by atoms with E-state index in [2.05, 4.69) is 22.3 Å². The number of amides is 1. The van der Waals surface area contributed by atoms with Gasteiger partial charge >= 0.3 is 11.9 Å². The van der Waals surface area contributed by atoms with Gasteiger partial charge in [0.2, 0.25) is 5.91 Å². The Labute approximate surface area is 209 Å². The predicted molar refractivity (Wildman–Crippen MR) is 131 cm³/mol. The van der Waals surface area contributed by atoms with Crippen molar-refractivity contribution in [1.29, 1.82) is 0 Å². The summed E-state index contributed by atoms with van der Waals surface area (Å²) < 4.78 is 10.6. The summed E-state index contributed by atoms with van der Waals surface area (Å²) >= 11 is 5.95. The van der Waals surface area contributed by atoms with Crippen LogP contribution in [0.5, 0.6) is 11.5 Å². The zero-order valence-electron chi connectivity index (χ0n) is 19.8. The Kier molecular flexibility index (Phi) is 11.3. The van der Waals surface area contributed by atoms with Gasteiger partial charge in [0.25, 0.3) is 0 Å². The van der Waals surface area contributed by atoms with E-state index in [1.54, 1.807) is 14.2 Å². The standard InChI is InChI=1S/C23H29ClN2O3.C2H2O4/c1-28-21-8-5-17(15-22(21)29-2)9-12-25-23(27)19-10-13-26(14-11-19)16-18-3-6-20(24)7-4-18;3-1(4)2(5)6/h3-8,15,19H,9-14,16H2,1-2H3,(H,25,27);(H,3,4)(H,5,6). The van der Waals surface area contributed by atoms with Gasteiger partial charge in [0, 0.05) is 24.0 Å². The van der Waals surface area contributed by atoms with Gasteiger partial charge in [-0.25, -0.2) is 9.59 Å². The number of hydrogen-bond donors (Lipinski definition) is 3. The average Bonchev–Trinajstić information content (AvgIpc) is 2.86. The lowest BCUT2D eigenvalue weighted by Gasteiger charge is -2.31. The van der Waals surface area contributed by atoms with E-state index in [1.165, 1.54) is 5.56 Å². The van der Waals surface area contributed by atoms with Crippen LogP contribution in [0.15, 0.2) is 42.5 Å². The molecular weight excluding hydrogens is 476 g/mol. The Bertz CT molecular complexity index is 978. The summed E-state index contributed by atoms with van der Waals surface area (Å²) in [7, 11) is 3.25. The molecule has 0 bridgehead atoms. The molecule has 2 aromatic carbocycles. The number of nitrogens with one attached hydrogen (secondary N) is 1. The van der Waals surface area contributed by atoms with Gasteiger partial charge in [-0.05, 0) is 67.7 Å². The summed E-state index contributed by atoms with van der Waals surface area (Å²) in [6, 6.07) is 13.8. The number of hydrogen-bond acceptors (Lipinski definition) is 6. The molecule has 0 saturated carbocycles. The van der Waals surface area contributed by atoms with Gasteiger partial charge in [-0.15, -0.1) is 0 Å². The van der Waals surface area contributed by atoms with Crippen LogP contribution in [0, 0.1) is 5.92 Å². The molecule has 1 aliphatic heterocycles. The van der Waals surface area contributed by atoms with Crippen molar-refractivity contribution in [3.8, 4) is 11.5 Å². The third-order valence-corrected chi connectivity index (χ3v) is 5.87. The monoisotopic (exact) mass is 506 g/mol. The summed E-state index contributed by atoms with van der Waals surface area (Å²) in [5.74, 6) is -1.96. The van der Waals surface area contributed by atoms with Crippen LogP contribution in [-0.4, -0.2) is 66.8 Å². The molecule has 0 spiro atoms. The Balaban J connectivity index is 0.000000641. The van der Waals surface area contributed by atoms with E-state index in [0.717, 1.165) is 49.5 Å². The van der Waals surface area contributed by atoms with Crippen molar-refractivity contribution in [2.45, 2.75) is 25.8 Å². The molecule has 0 aliphatic carbocycles. The van der Waals surface area contributed by atoms with Crippen molar-refractivity contribution < 1.29 is 34.1 Å². The maximum atomic E-state index is 12.5. The number of carbonyl (C=O) groups excluding carboxylic acids is 1. The molecule has 10 heteroatoms. The molecule has 1 fully saturated rings. The molecule has 1 amide bonds. The molecule has 0 atom stereocenters. The lowest BCUT2D eigenvalue weighted by Crippen LogP contribution is -2.40. The van der Waals surface area contributed by atoms with Crippen LogP contribution in [0.1, 0.15) is 24.0 Å². The number of carbonyl (C=O) groups is 3. The van der Waals surface area contributed by atoms with Crippen LogP contribution in [-0.2, 0) is 27.3 Å². The summed E-state index contributed by atoms with van der Waals surface area (Å²) in [4.78, 5) is 33.1. The fourth-order valence-corrected chi connectivity index (χ4v) is 3.84. The van der Waals surface area contributed by atoms with E-state index < -0.39 is 11.9 Å². The van der Waals surface area contributed by atoms with Crippen LogP contribution in [0.4, 0.5) is 0 Å². The first-order valence-corrected chi connectivity index (χ1v) is 11.5. The highest BCUT2D eigenvalue weighted by atomic mass is 35.5. The molecule has 35 heavy (non-hydrogen) atoms. The number of ether oxygens (including phenoxy) is 2. The number of rotatable bonds is 8. The van der Waals surface area contributed by atoms with E-state index in [0.29, 0.717) is 18.0 Å². The first-order valence-electron chi connectivity index (χ1n) is 11.1. The maximum Gasteiger partial charge on any atom is 0.414 e. The van der Waals surface area contributed by atoms with E-state index in [9.17, 15) is 4.79 Å². The molecule has 2 aromatic rings. The summed E-state index contributed by atoms with van der Waals surface area (Å²) in [6.07, 6.45) is 2.56. The Morgan fingerprint density at radius 1 is 0.943 bits per heavy atom. The minimum Gasteiger partial charge on any atom is -0.493 e. The molecule has 9 nitrogen and oxygen atoms in total. The SMILES string of the molecule is COc1ccc(CCNC(=O)C2CCN(Cc3ccc(Cl)cc3)CC2)cc1OC.O=C(O)C(=O)O. The van der Waals surface area contributed by atoms with Gasteiger partial charge < -0.3 is 25.0 Å². The quantitative estimate of drug-likeness (QED) is 0.466. The fraction of sp³-hybridized carbons (Fsp3) is 0.400. The second-order valence-electron chi connectivity index (χ2n) is 8.02. The van der Waals surface area contributed by atoms with Crippen molar-refractivity contribution in [3.63, 3.8) is 0 Å². The van der Waals surface area contributed by atoms with E-state index in [4.69, 9.17) is 40.9 Å². The van der Waals surface area contributed by atoms with Gasteiger partial charge in [0.15, 0.2) is 11.5 Å². The molecule has 0 aromatic heterocycles. The second kappa shape index (κ2) is 14.2. The molecule has 1 aliphatic rings. The molecule has 3 N–H and O–H groups in total. The van der Waals surface area contributed by atoms with E-state index >= 15 is 0 Å². The molecule has 0 radical (unpaired) electrons. The van der Waals surface area contributed by atoms with Crippen molar-refractivity contribution in [2.24, 2.45) is 5.92 Å². The number of piperidine rings is 1. The van der Waals surface area contributed by atoms with Crippen LogP contribution < -0.4 is 14.8 Å². The second-order valence-corrected chi connectivity index (χ2v) is 8.45. The first-order chi connectivity index (χ1) is 16.7. The van der Waals surface area contributed by atoms with Gasteiger partial charge in [-0.1, -0.05) is 29.8 Å². The Morgan fingerprint density at radius 2 is 1.51 bits per heavy atom. The normalized spacial score (nSPS) is 13.8. The van der Waals surface area contributed by atoms with Gasteiger partial charge in [-0.2, -0.15) is 0 Å². The third-order valence-electron chi connectivity index (χ3n) is 5.62. The van der Waals surface area contributed by atoms with Crippen LogP contribution in [0.2, 0.25) is 5.02 Å². The van der Waals surface area contributed by atoms with Crippen LogP contribution >= 0.6 is 11.6 Å². The molecular formula is C25H31ClN2O7. The number of benzene rings is 2. The van der Waals surface area contributed by atoms with Crippen LogP contribution in [0.3, 0.4) is 0 Å². The Hall–Kier alpha value is -3.30. The molecule has 190 valence electrons. The van der Waals surface area contributed by atoms with Crippen molar-refractivity contribution in [2.75, 3.05) is 33.9 Å². The summed E-state index contributed by atoms with van der Waals surface area (Å²) in [5.41, 5.74) is 2.37. The molecule has 1 heterocycles. The number of nitrogens with zero attached hydrogens (tertiary/aromatic N) is 1. The number of halogens is 1. The topological polar surface area (TPSA) is 125 Å². The summed E-state index contributed by atoms with van der Waals surface area (Å²) in [6.45, 7) is 3.41. The van der Waals surface area contributed by atoms with Crippen molar-refractivity contribution in [1.82, 2.24) is 10.2 Å². The zero-order valence-corrected chi connectivity index (χ0v) is 20.6. The number of methoxy groups -OCH3 is 2. The van der Waals surface area contributed by atoms with Crippen LogP contribution in [0.25, 0.3) is 0 Å². The third kappa shape index (κ3) is 9.46. The fourth-order valence-electron chi connectivity index (χ4n) is 3.71. The van der Waals surface area contributed by atoms with Gasteiger partial charge in [0.1, 0.15) is 0 Å². The predicted octanol–water partition coefficient (Wildman–Crippen LogP) is 3.08. The lowest BCUT2D eigenvalue weighted by molar-refractivity contribution is -0.159. The van der Waals surface area contributed by atoms with E-state index in [-0.39, 0.29) is 11.8 Å². The molecule has 0 unspecified atom stereocenters. The van der Waals surface area contributed by atoms with E-state index in [1.807, 2.05) is 30.3 Å². The number of carboxylic acid groups (broad SMARTS) is 2. The highest BCUT2D eigenvalue weighted by Crippen LogP contribution is 2.27. The number of carboxylic acids is 2. The Morgan fingerprint density at radius 3 is 2.06 bits per heavy atom. The smallest absolute Gasteiger partial charge is 0.414 e. The average molecular weight is 507 g/mol. The van der Waals surface area contributed by atoms with Gasteiger partial charge in [0.05, 0.1) is 14.2 Å². The zero-order chi connectivity index (χ0) is 25.8. The summed E-state index contributed by atoms with van der Waals surface area (Å²) in [5, 5.41) is 18.6. The minimum absolute atomic E-state index is 0.0990. The highest BCUT2D eigenvalue weighted by molar-refractivity contribution is 6.30.